The normalized spacial score (nSPS) is 21.0. The molecule has 0 saturated carbocycles. The number of aliphatic hydroxyl groups is 1. The van der Waals surface area contributed by atoms with Gasteiger partial charge in [-0.15, -0.1) is 0 Å². The lowest BCUT2D eigenvalue weighted by molar-refractivity contribution is 0.0196. The van der Waals surface area contributed by atoms with E-state index in [4.69, 9.17) is 9.47 Å². The van der Waals surface area contributed by atoms with Crippen molar-refractivity contribution in [1.82, 2.24) is 0 Å². The van der Waals surface area contributed by atoms with Gasteiger partial charge in [0.25, 0.3) is 0 Å². The summed E-state index contributed by atoms with van der Waals surface area (Å²) in [5.41, 5.74) is -1.29. The van der Waals surface area contributed by atoms with Gasteiger partial charge in [-0.1, -0.05) is 12.1 Å². The average Bonchev–Trinajstić information content (AvgIpc) is 2.93. The largest absolute Gasteiger partial charge is 0.508 e. The molecule has 9 N–H and O–H groups in total. The minimum absolute atomic E-state index is 0.0141. The van der Waals surface area contributed by atoms with Crippen molar-refractivity contribution in [2.24, 2.45) is 0 Å². The third-order valence-electron chi connectivity index (χ3n) is 7.44. The van der Waals surface area contributed by atoms with Gasteiger partial charge >= 0.3 is 0 Å². The van der Waals surface area contributed by atoms with Gasteiger partial charge in [-0.2, -0.15) is 0 Å². The summed E-state index contributed by atoms with van der Waals surface area (Å²) in [5, 5.41) is 93.0. The van der Waals surface area contributed by atoms with Crippen LogP contribution in [0, 0.1) is 0 Å². The molecule has 0 aliphatic carbocycles. The van der Waals surface area contributed by atoms with Crippen LogP contribution in [-0.4, -0.2) is 63.6 Å². The smallest absolute Gasteiger partial charge is 0.202 e. The zero-order chi connectivity index (χ0) is 30.9. The quantitative estimate of drug-likeness (QED) is 0.156. The third kappa shape index (κ3) is 4.21. The van der Waals surface area contributed by atoms with E-state index in [1.807, 2.05) is 0 Å². The molecule has 0 saturated heterocycles. The van der Waals surface area contributed by atoms with Crippen molar-refractivity contribution in [1.29, 1.82) is 0 Å². The first-order chi connectivity index (χ1) is 20.4. The number of aliphatic hydroxyl groups excluding tert-OH is 1. The minimum atomic E-state index is -1.93. The van der Waals surface area contributed by atoms with E-state index in [-0.39, 0.29) is 16.9 Å². The number of hydrogen-bond donors (Lipinski definition) is 9. The van der Waals surface area contributed by atoms with Gasteiger partial charge in [0, 0.05) is 18.2 Å². The summed E-state index contributed by atoms with van der Waals surface area (Å²) in [6.07, 6.45) is -4.94. The van der Waals surface area contributed by atoms with Crippen LogP contribution in [0.3, 0.4) is 0 Å². The van der Waals surface area contributed by atoms with Gasteiger partial charge in [-0.25, -0.2) is 0 Å². The molecule has 4 aromatic carbocycles. The topological polar surface area (TPSA) is 235 Å². The molecule has 1 unspecified atom stereocenters. The molecule has 4 atom stereocenters. The van der Waals surface area contributed by atoms with Crippen LogP contribution < -0.4 is 9.47 Å². The number of fused-ring (bicyclic) bond motifs is 2. The van der Waals surface area contributed by atoms with Gasteiger partial charge in [0.1, 0.15) is 51.7 Å². The predicted octanol–water partition coefficient (Wildman–Crippen LogP) is 3.11. The Morgan fingerprint density at radius 1 is 0.535 bits per heavy atom. The molecular formula is C30H22O13. The predicted molar refractivity (Wildman–Crippen MR) is 143 cm³/mol. The van der Waals surface area contributed by atoms with E-state index >= 15 is 0 Å². The van der Waals surface area contributed by atoms with Gasteiger partial charge in [0.15, 0.2) is 41.0 Å². The fraction of sp³-hybridized carbons (Fsp3) is 0.133. The Bertz CT molecular complexity index is 1850. The molecule has 13 heteroatoms. The first-order valence-electron chi connectivity index (χ1n) is 12.7. The van der Waals surface area contributed by atoms with Gasteiger partial charge in [0.05, 0.1) is 11.5 Å². The Morgan fingerprint density at radius 2 is 1.12 bits per heavy atom. The molecule has 0 spiro atoms. The number of rotatable bonds is 3. The molecule has 2 aliphatic heterocycles. The molecule has 6 rings (SSSR count). The molecule has 2 heterocycles. The molecule has 0 aromatic heterocycles. The van der Waals surface area contributed by atoms with Crippen LogP contribution in [0.1, 0.15) is 55.5 Å². The van der Waals surface area contributed by atoms with E-state index in [0.29, 0.717) is 0 Å². The summed E-state index contributed by atoms with van der Waals surface area (Å²) >= 11 is 0. The Kier molecular flexibility index (Phi) is 6.13. The molecule has 0 bridgehead atoms. The molecular weight excluding hydrogens is 568 g/mol. The number of ketones is 2. The van der Waals surface area contributed by atoms with E-state index in [2.05, 4.69) is 0 Å². The molecule has 0 amide bonds. The van der Waals surface area contributed by atoms with Crippen LogP contribution in [0.15, 0.2) is 54.6 Å². The fourth-order valence-corrected chi connectivity index (χ4v) is 5.44. The van der Waals surface area contributed by atoms with Crippen molar-refractivity contribution in [3.63, 3.8) is 0 Å². The van der Waals surface area contributed by atoms with Crippen molar-refractivity contribution in [3.05, 3.63) is 82.4 Å². The highest BCUT2D eigenvalue weighted by molar-refractivity contribution is 6.10. The molecule has 0 radical (unpaired) electrons. The second-order valence-electron chi connectivity index (χ2n) is 10.1. The fourth-order valence-electron chi connectivity index (χ4n) is 5.44. The summed E-state index contributed by atoms with van der Waals surface area (Å²) in [6.45, 7) is 0. The number of aromatic hydroxyl groups is 8. The highest BCUT2D eigenvalue weighted by atomic mass is 16.5. The SMILES string of the molecule is O=C1c2c(O)cc(O)cc2O[C@@H](c2ccc(O)c(O)c2)C1c1c(O)cc(O)c2c1O[C@H](c1ccc(O)c(O)c1)[C@@H](O)C2=O. The Morgan fingerprint density at radius 3 is 1.72 bits per heavy atom. The van der Waals surface area contributed by atoms with Crippen LogP contribution in [0.2, 0.25) is 0 Å². The lowest BCUT2D eigenvalue weighted by Crippen LogP contribution is -2.38. The lowest BCUT2D eigenvalue weighted by Gasteiger charge is -2.37. The van der Waals surface area contributed by atoms with E-state index in [1.165, 1.54) is 12.1 Å². The average molecular weight is 590 g/mol. The van der Waals surface area contributed by atoms with Crippen LogP contribution in [0.25, 0.3) is 0 Å². The maximum atomic E-state index is 14.1. The molecule has 2 aliphatic rings. The second kappa shape index (κ2) is 9.63. The van der Waals surface area contributed by atoms with Crippen molar-refractivity contribution in [2.75, 3.05) is 0 Å². The van der Waals surface area contributed by atoms with Crippen molar-refractivity contribution >= 4 is 11.6 Å². The molecule has 4 aromatic rings. The number of Topliss-reactive ketones (excluding diaryl/α,β-unsaturated/α-hetero) is 2. The number of benzene rings is 4. The van der Waals surface area contributed by atoms with Crippen molar-refractivity contribution in [3.8, 4) is 57.5 Å². The third-order valence-corrected chi connectivity index (χ3v) is 7.44. The Hall–Kier alpha value is -5.82. The second-order valence-corrected chi connectivity index (χ2v) is 10.1. The molecule has 43 heavy (non-hydrogen) atoms. The Balaban J connectivity index is 1.60. The van der Waals surface area contributed by atoms with Gasteiger partial charge in [0.2, 0.25) is 5.78 Å². The minimum Gasteiger partial charge on any atom is -0.508 e. The summed E-state index contributed by atoms with van der Waals surface area (Å²) in [5.74, 6) is -9.20. The number of carbonyl (C=O) groups is 2. The van der Waals surface area contributed by atoms with E-state index in [0.717, 1.165) is 42.5 Å². The van der Waals surface area contributed by atoms with Crippen molar-refractivity contribution < 1.29 is 65.0 Å². The van der Waals surface area contributed by atoms with Crippen LogP contribution in [-0.2, 0) is 0 Å². The Labute approximate surface area is 240 Å². The number of ether oxygens (including phenoxy) is 2. The van der Waals surface area contributed by atoms with Gasteiger partial charge in [-0.3, -0.25) is 9.59 Å². The maximum absolute atomic E-state index is 14.1. The van der Waals surface area contributed by atoms with E-state index in [9.17, 15) is 55.5 Å². The standard InChI is InChI=1S/C30H22O13/c31-12-7-17(36)21-20(8-12)42-28(10-1-3-13(32)15(34)5-10)24(25(21)39)22-18(37)9-19(38)23-26(40)27(41)29(43-30(22)23)11-2-4-14(33)16(35)6-11/h1-9,24,27-29,31-38,41H/t24?,27-,28-,29+/m0/s1. The lowest BCUT2D eigenvalue weighted by atomic mass is 9.78. The summed E-state index contributed by atoms with van der Waals surface area (Å²) in [7, 11) is 0. The zero-order valence-electron chi connectivity index (χ0n) is 21.7. The van der Waals surface area contributed by atoms with Gasteiger partial charge in [-0.05, 0) is 35.4 Å². The van der Waals surface area contributed by atoms with Crippen LogP contribution >= 0.6 is 0 Å². The number of phenols is 8. The van der Waals surface area contributed by atoms with E-state index < -0.39 is 104 Å². The van der Waals surface area contributed by atoms with Gasteiger partial charge < -0.3 is 55.4 Å². The first-order valence-corrected chi connectivity index (χ1v) is 12.7. The van der Waals surface area contributed by atoms with Crippen LogP contribution in [0.5, 0.6) is 57.5 Å². The number of phenolic OH excluding ortho intramolecular Hbond substituents is 8. The monoisotopic (exact) mass is 590 g/mol. The highest BCUT2D eigenvalue weighted by Gasteiger charge is 2.48. The zero-order valence-corrected chi connectivity index (χ0v) is 21.7. The number of hydrogen-bond acceptors (Lipinski definition) is 13. The number of carbonyl (C=O) groups excluding carboxylic acids is 2. The summed E-state index contributed by atoms with van der Waals surface area (Å²) in [6, 6.07) is 9.57. The van der Waals surface area contributed by atoms with E-state index in [1.54, 1.807) is 0 Å². The maximum Gasteiger partial charge on any atom is 0.202 e. The molecule has 220 valence electrons. The first kappa shape index (κ1) is 27.4. The summed E-state index contributed by atoms with van der Waals surface area (Å²) < 4.78 is 12.0. The molecule has 13 nitrogen and oxygen atoms in total. The highest BCUT2D eigenvalue weighted by Crippen LogP contribution is 2.55. The van der Waals surface area contributed by atoms with Crippen LogP contribution in [0.4, 0.5) is 0 Å². The van der Waals surface area contributed by atoms with Crippen molar-refractivity contribution in [2.45, 2.75) is 24.2 Å². The summed E-state index contributed by atoms with van der Waals surface area (Å²) in [4.78, 5) is 27.5. The molecule has 0 fully saturated rings.